The number of esters is 1. The first kappa shape index (κ1) is 15.8. The van der Waals surface area contributed by atoms with Gasteiger partial charge in [-0.1, -0.05) is 22.9 Å². The smallest absolute Gasteiger partial charge is 0.360 e. The van der Waals surface area contributed by atoms with Crippen molar-refractivity contribution in [1.29, 1.82) is 0 Å². The van der Waals surface area contributed by atoms with E-state index in [-0.39, 0.29) is 18.4 Å². The topological polar surface area (TPSA) is 75.5 Å². The van der Waals surface area contributed by atoms with Crippen molar-refractivity contribution in [2.24, 2.45) is 0 Å². The van der Waals surface area contributed by atoms with Gasteiger partial charge in [-0.25, -0.2) is 9.48 Å². The highest BCUT2D eigenvalue weighted by Gasteiger charge is 2.28. The molecule has 1 aliphatic rings. The zero-order chi connectivity index (χ0) is 16.4. The summed E-state index contributed by atoms with van der Waals surface area (Å²) < 4.78 is 17.6. The van der Waals surface area contributed by atoms with Crippen molar-refractivity contribution in [2.75, 3.05) is 13.7 Å². The first-order chi connectivity index (χ1) is 11.1. The molecular weight excluding hydrogens is 322 g/mol. The summed E-state index contributed by atoms with van der Waals surface area (Å²) in [7, 11) is 1.31. The Labute approximate surface area is 138 Å². The first-order valence-electron chi connectivity index (χ1n) is 7.18. The number of nitrogens with zero attached hydrogens (tertiary/aromatic N) is 3. The third kappa shape index (κ3) is 3.02. The Hall–Kier alpha value is -2.12. The number of benzene rings is 1. The van der Waals surface area contributed by atoms with Crippen LogP contribution in [-0.4, -0.2) is 34.7 Å². The van der Waals surface area contributed by atoms with Gasteiger partial charge in [-0.3, -0.25) is 0 Å². The van der Waals surface area contributed by atoms with Gasteiger partial charge >= 0.3 is 5.97 Å². The second kappa shape index (κ2) is 6.55. The molecule has 1 unspecified atom stereocenters. The molecule has 0 saturated heterocycles. The van der Waals surface area contributed by atoms with Gasteiger partial charge < -0.3 is 14.2 Å². The third-order valence-corrected chi connectivity index (χ3v) is 3.90. The van der Waals surface area contributed by atoms with E-state index in [1.165, 1.54) is 7.11 Å². The second-order valence-corrected chi connectivity index (χ2v) is 5.39. The van der Waals surface area contributed by atoms with Gasteiger partial charge in [-0.15, -0.1) is 5.10 Å². The van der Waals surface area contributed by atoms with Crippen LogP contribution in [0.5, 0.6) is 5.75 Å². The highest BCUT2D eigenvalue weighted by Crippen LogP contribution is 2.32. The van der Waals surface area contributed by atoms with Crippen molar-refractivity contribution in [2.45, 2.75) is 26.2 Å². The van der Waals surface area contributed by atoms with E-state index in [9.17, 15) is 4.79 Å². The highest BCUT2D eigenvalue weighted by molar-refractivity contribution is 6.32. The number of carbonyl (C=O) groups is 1. The number of methoxy groups -OCH3 is 1. The number of ether oxygens (including phenoxy) is 3. The van der Waals surface area contributed by atoms with E-state index in [0.29, 0.717) is 29.6 Å². The molecule has 0 aliphatic carbocycles. The van der Waals surface area contributed by atoms with Crippen molar-refractivity contribution >= 4 is 17.6 Å². The molecule has 0 N–H and O–H groups in total. The minimum atomic E-state index is -0.516. The van der Waals surface area contributed by atoms with Crippen LogP contribution in [0.15, 0.2) is 18.2 Å². The fourth-order valence-electron chi connectivity index (χ4n) is 2.46. The standard InChI is InChI=1S/C15H16ClN3O4/c1-3-22-12-5-4-9(6-10(12)16)13-7-19-11(8-23-13)14(17-18-19)15(20)21-2/h4-6,13H,3,7-8H2,1-2H3. The fourth-order valence-corrected chi connectivity index (χ4v) is 2.70. The predicted molar refractivity (Wildman–Crippen MR) is 81.5 cm³/mol. The van der Waals surface area contributed by atoms with Crippen LogP contribution < -0.4 is 4.74 Å². The van der Waals surface area contributed by atoms with Crippen LogP contribution >= 0.6 is 11.6 Å². The molecular formula is C15H16ClN3O4. The van der Waals surface area contributed by atoms with Crippen molar-refractivity contribution in [3.63, 3.8) is 0 Å². The van der Waals surface area contributed by atoms with E-state index < -0.39 is 5.97 Å². The van der Waals surface area contributed by atoms with Crippen LogP contribution in [0.25, 0.3) is 0 Å². The first-order valence-corrected chi connectivity index (χ1v) is 7.56. The molecule has 122 valence electrons. The number of hydrogen-bond donors (Lipinski definition) is 0. The summed E-state index contributed by atoms with van der Waals surface area (Å²) in [5, 5.41) is 8.40. The summed E-state index contributed by atoms with van der Waals surface area (Å²) in [5.74, 6) is 0.126. The molecule has 7 nitrogen and oxygen atoms in total. The van der Waals surface area contributed by atoms with Crippen molar-refractivity contribution in [3.05, 3.63) is 40.2 Å². The Balaban J connectivity index is 1.81. The molecule has 3 rings (SSSR count). The molecule has 1 aromatic heterocycles. The van der Waals surface area contributed by atoms with Crippen molar-refractivity contribution < 1.29 is 19.0 Å². The van der Waals surface area contributed by atoms with Gasteiger partial charge in [0.1, 0.15) is 11.9 Å². The van der Waals surface area contributed by atoms with Crippen molar-refractivity contribution in [3.8, 4) is 5.75 Å². The summed E-state index contributed by atoms with van der Waals surface area (Å²) in [6.07, 6.45) is -0.220. The minimum Gasteiger partial charge on any atom is -0.492 e. The van der Waals surface area contributed by atoms with Gasteiger partial charge in [0.25, 0.3) is 0 Å². The average molecular weight is 338 g/mol. The Kier molecular flexibility index (Phi) is 4.49. The molecule has 0 spiro atoms. The summed E-state index contributed by atoms with van der Waals surface area (Å²) >= 11 is 6.22. The second-order valence-electron chi connectivity index (χ2n) is 4.98. The molecule has 1 aliphatic heterocycles. The van der Waals surface area contributed by atoms with Crippen LogP contribution in [-0.2, 0) is 22.6 Å². The maximum atomic E-state index is 11.6. The number of rotatable bonds is 4. The van der Waals surface area contributed by atoms with Crippen LogP contribution in [0.2, 0.25) is 5.02 Å². The lowest BCUT2D eigenvalue weighted by Gasteiger charge is -2.24. The number of fused-ring (bicyclic) bond motifs is 1. The Bertz CT molecular complexity index is 732. The monoisotopic (exact) mass is 337 g/mol. The summed E-state index contributed by atoms with van der Waals surface area (Å²) in [6, 6.07) is 5.55. The normalized spacial score (nSPS) is 16.7. The lowest BCUT2D eigenvalue weighted by molar-refractivity contribution is -0.00222. The van der Waals surface area contributed by atoms with Gasteiger partial charge in [0.2, 0.25) is 0 Å². The van der Waals surface area contributed by atoms with E-state index in [0.717, 1.165) is 5.56 Å². The van der Waals surface area contributed by atoms with E-state index in [1.54, 1.807) is 4.68 Å². The molecule has 1 atom stereocenters. The summed E-state index contributed by atoms with van der Waals surface area (Å²) in [4.78, 5) is 11.6. The molecule has 0 bridgehead atoms. The summed E-state index contributed by atoms with van der Waals surface area (Å²) in [5.41, 5.74) is 1.72. The average Bonchev–Trinajstić information content (AvgIpc) is 2.99. The van der Waals surface area contributed by atoms with Gasteiger partial charge in [-0.05, 0) is 24.6 Å². The van der Waals surface area contributed by atoms with Gasteiger partial charge in [0, 0.05) is 0 Å². The molecule has 2 heterocycles. The highest BCUT2D eigenvalue weighted by atomic mass is 35.5. The van der Waals surface area contributed by atoms with E-state index in [4.69, 9.17) is 21.1 Å². The maximum Gasteiger partial charge on any atom is 0.360 e. The van der Waals surface area contributed by atoms with Crippen LogP contribution in [0.3, 0.4) is 0 Å². The molecule has 8 heteroatoms. The lowest BCUT2D eigenvalue weighted by atomic mass is 10.1. The van der Waals surface area contributed by atoms with E-state index >= 15 is 0 Å². The Morgan fingerprint density at radius 1 is 1.52 bits per heavy atom. The lowest BCUT2D eigenvalue weighted by Crippen LogP contribution is -2.23. The molecule has 0 radical (unpaired) electrons. The van der Waals surface area contributed by atoms with Gasteiger partial charge in [0.15, 0.2) is 5.69 Å². The van der Waals surface area contributed by atoms with E-state index in [1.807, 2.05) is 25.1 Å². The Morgan fingerprint density at radius 2 is 2.35 bits per heavy atom. The molecule has 2 aromatic rings. The van der Waals surface area contributed by atoms with Crippen LogP contribution in [0.1, 0.15) is 34.8 Å². The van der Waals surface area contributed by atoms with Crippen LogP contribution in [0.4, 0.5) is 0 Å². The molecule has 1 aromatic carbocycles. The largest absolute Gasteiger partial charge is 0.492 e. The predicted octanol–water partition coefficient (Wildman–Crippen LogP) is 2.39. The quantitative estimate of drug-likeness (QED) is 0.797. The zero-order valence-electron chi connectivity index (χ0n) is 12.8. The number of aromatic nitrogens is 3. The molecule has 0 amide bonds. The van der Waals surface area contributed by atoms with Gasteiger partial charge in [-0.2, -0.15) is 0 Å². The molecule has 0 fully saturated rings. The minimum absolute atomic E-state index is 0.190. The number of hydrogen-bond acceptors (Lipinski definition) is 6. The summed E-state index contributed by atoms with van der Waals surface area (Å²) in [6.45, 7) is 3.13. The number of carbonyl (C=O) groups excluding carboxylic acids is 1. The van der Waals surface area contributed by atoms with Gasteiger partial charge in [0.05, 0.1) is 37.6 Å². The number of halogens is 1. The van der Waals surface area contributed by atoms with Crippen LogP contribution in [0, 0.1) is 0 Å². The molecule has 23 heavy (non-hydrogen) atoms. The SMILES string of the molecule is CCOc1ccc(C2Cn3nnc(C(=O)OC)c3CO2)cc1Cl. The zero-order valence-corrected chi connectivity index (χ0v) is 13.5. The Morgan fingerprint density at radius 3 is 3.04 bits per heavy atom. The van der Waals surface area contributed by atoms with E-state index in [2.05, 4.69) is 15.0 Å². The fraction of sp³-hybridized carbons (Fsp3) is 0.400. The molecule has 0 saturated carbocycles. The third-order valence-electron chi connectivity index (χ3n) is 3.60. The van der Waals surface area contributed by atoms with Crippen molar-refractivity contribution in [1.82, 2.24) is 15.0 Å². The maximum absolute atomic E-state index is 11.6.